The Hall–Kier alpha value is -3.14. The van der Waals surface area contributed by atoms with Crippen LogP contribution >= 0.6 is 0 Å². The fourth-order valence-corrected chi connectivity index (χ4v) is 2.39. The van der Waals surface area contributed by atoms with Crippen molar-refractivity contribution in [3.05, 3.63) is 48.0 Å². The molecule has 2 aromatic heterocycles. The third-order valence-electron chi connectivity index (χ3n) is 3.47. The first kappa shape index (κ1) is 18.6. The van der Waals surface area contributed by atoms with Crippen LogP contribution in [-0.2, 0) is 13.2 Å². The number of hydrogen-bond acceptors (Lipinski definition) is 7. The largest absolute Gasteiger partial charge is 0.476 e. The van der Waals surface area contributed by atoms with E-state index in [0.29, 0.717) is 29.3 Å². The number of aromatic nitrogens is 5. The second-order valence-electron chi connectivity index (χ2n) is 5.42. The van der Waals surface area contributed by atoms with Crippen LogP contribution in [0.2, 0.25) is 0 Å². The van der Waals surface area contributed by atoms with Crippen LogP contribution < -0.4 is 9.47 Å². The predicted molar refractivity (Wildman–Crippen MR) is 90.3 cm³/mol. The molecule has 0 unspecified atom stereocenters. The molecule has 3 rings (SSSR count). The van der Waals surface area contributed by atoms with Crippen LogP contribution in [0.15, 0.2) is 36.7 Å². The van der Waals surface area contributed by atoms with E-state index in [1.807, 2.05) is 6.92 Å². The predicted octanol–water partition coefficient (Wildman–Crippen LogP) is 2.28. The lowest BCUT2D eigenvalue weighted by molar-refractivity contribution is -0.0498. The van der Waals surface area contributed by atoms with Crippen molar-refractivity contribution in [3.8, 4) is 22.9 Å². The Labute approximate surface area is 153 Å². The van der Waals surface area contributed by atoms with Crippen molar-refractivity contribution < 1.29 is 23.4 Å². The number of ether oxygens (including phenoxy) is 2. The summed E-state index contributed by atoms with van der Waals surface area (Å²) in [7, 11) is 0. The van der Waals surface area contributed by atoms with Crippen molar-refractivity contribution in [2.24, 2.45) is 0 Å². The molecule has 8 nitrogen and oxygen atoms in total. The van der Waals surface area contributed by atoms with Gasteiger partial charge < -0.3 is 14.6 Å². The zero-order chi connectivity index (χ0) is 19.2. The lowest BCUT2D eigenvalue weighted by Crippen LogP contribution is -2.07. The van der Waals surface area contributed by atoms with Crippen molar-refractivity contribution in [3.63, 3.8) is 0 Å². The maximum atomic E-state index is 12.5. The quantitative estimate of drug-likeness (QED) is 0.643. The van der Waals surface area contributed by atoms with E-state index in [9.17, 15) is 8.78 Å². The lowest BCUT2D eigenvalue weighted by Gasteiger charge is -2.11. The average molecular weight is 377 g/mol. The van der Waals surface area contributed by atoms with Crippen molar-refractivity contribution in [2.75, 3.05) is 6.61 Å². The van der Waals surface area contributed by atoms with Crippen molar-refractivity contribution in [1.29, 1.82) is 0 Å². The molecular weight excluding hydrogens is 360 g/mol. The summed E-state index contributed by atoms with van der Waals surface area (Å²) in [6, 6.07) is 6.16. The van der Waals surface area contributed by atoms with Gasteiger partial charge in [0.2, 0.25) is 5.88 Å². The molecule has 0 atom stereocenters. The van der Waals surface area contributed by atoms with Gasteiger partial charge in [-0.2, -0.15) is 8.78 Å². The Morgan fingerprint density at radius 3 is 2.81 bits per heavy atom. The minimum Gasteiger partial charge on any atom is -0.476 e. The molecule has 1 aromatic carbocycles. The molecule has 0 aliphatic carbocycles. The maximum Gasteiger partial charge on any atom is 0.387 e. The number of halogens is 2. The van der Waals surface area contributed by atoms with Gasteiger partial charge in [0.1, 0.15) is 17.1 Å². The summed E-state index contributed by atoms with van der Waals surface area (Å²) in [5.41, 5.74) is 1.92. The van der Waals surface area contributed by atoms with Gasteiger partial charge >= 0.3 is 6.61 Å². The van der Waals surface area contributed by atoms with E-state index < -0.39 is 6.61 Å². The fourth-order valence-electron chi connectivity index (χ4n) is 2.39. The van der Waals surface area contributed by atoms with E-state index in [4.69, 9.17) is 9.84 Å². The highest BCUT2D eigenvalue weighted by Crippen LogP contribution is 2.29. The number of rotatable bonds is 8. The number of benzene rings is 1. The van der Waals surface area contributed by atoms with Crippen LogP contribution in [0.5, 0.6) is 11.6 Å². The number of aliphatic hydroxyl groups is 1. The molecule has 0 aliphatic rings. The zero-order valence-corrected chi connectivity index (χ0v) is 14.4. The molecule has 10 heteroatoms. The summed E-state index contributed by atoms with van der Waals surface area (Å²) >= 11 is 0. The van der Waals surface area contributed by atoms with E-state index >= 15 is 0 Å². The monoisotopic (exact) mass is 377 g/mol. The molecule has 0 amide bonds. The van der Waals surface area contributed by atoms with E-state index in [-0.39, 0.29) is 24.8 Å². The van der Waals surface area contributed by atoms with E-state index in [2.05, 4.69) is 25.0 Å². The van der Waals surface area contributed by atoms with Crippen LogP contribution in [0, 0.1) is 0 Å². The first-order valence-corrected chi connectivity index (χ1v) is 8.13. The minimum atomic E-state index is -2.92. The highest BCUT2D eigenvalue weighted by molar-refractivity contribution is 5.66. The minimum absolute atomic E-state index is 0.0148. The van der Waals surface area contributed by atoms with Crippen LogP contribution in [0.1, 0.15) is 18.3 Å². The van der Waals surface area contributed by atoms with Crippen LogP contribution in [0.4, 0.5) is 8.78 Å². The second kappa shape index (κ2) is 8.49. The zero-order valence-electron chi connectivity index (χ0n) is 14.4. The maximum absolute atomic E-state index is 12.5. The summed E-state index contributed by atoms with van der Waals surface area (Å²) in [6.45, 7) is -0.681. The van der Waals surface area contributed by atoms with E-state index in [1.54, 1.807) is 18.3 Å². The van der Waals surface area contributed by atoms with Gasteiger partial charge in [0.25, 0.3) is 0 Å². The lowest BCUT2D eigenvalue weighted by atomic mass is 10.1. The SMILES string of the molecule is CCOc1ncc(Cn2cc(CO)nn2)nc1-c1cccc(OC(F)F)c1. The van der Waals surface area contributed by atoms with Gasteiger partial charge in [-0.3, -0.25) is 0 Å². The summed E-state index contributed by atoms with van der Waals surface area (Å²) < 4.78 is 36.4. The second-order valence-corrected chi connectivity index (χ2v) is 5.42. The molecule has 0 radical (unpaired) electrons. The molecular formula is C17H17F2N5O3. The molecule has 0 aliphatic heterocycles. The first-order valence-electron chi connectivity index (χ1n) is 8.13. The van der Waals surface area contributed by atoms with Crippen molar-refractivity contribution in [1.82, 2.24) is 25.0 Å². The third-order valence-corrected chi connectivity index (χ3v) is 3.47. The van der Waals surface area contributed by atoms with Gasteiger partial charge in [0.05, 0.1) is 37.8 Å². The van der Waals surface area contributed by atoms with Gasteiger partial charge in [-0.25, -0.2) is 14.6 Å². The normalized spacial score (nSPS) is 11.0. The Morgan fingerprint density at radius 1 is 1.26 bits per heavy atom. The summed E-state index contributed by atoms with van der Waals surface area (Å²) in [5, 5.41) is 16.8. The van der Waals surface area contributed by atoms with Gasteiger partial charge in [-0.15, -0.1) is 5.10 Å². The molecule has 2 heterocycles. The van der Waals surface area contributed by atoms with Gasteiger partial charge in [0.15, 0.2) is 0 Å². The Morgan fingerprint density at radius 2 is 2.11 bits per heavy atom. The summed E-state index contributed by atoms with van der Waals surface area (Å²) in [6.07, 6.45) is 3.13. The number of hydrogen-bond donors (Lipinski definition) is 1. The van der Waals surface area contributed by atoms with Gasteiger partial charge in [-0.05, 0) is 19.1 Å². The summed E-state index contributed by atoms with van der Waals surface area (Å²) in [4.78, 5) is 8.80. The highest BCUT2D eigenvalue weighted by Gasteiger charge is 2.14. The fraction of sp³-hybridized carbons (Fsp3) is 0.294. The van der Waals surface area contributed by atoms with Crippen molar-refractivity contribution >= 4 is 0 Å². The Bertz CT molecular complexity index is 904. The molecule has 0 spiro atoms. The molecule has 0 saturated heterocycles. The van der Waals surface area contributed by atoms with E-state index in [1.165, 1.54) is 23.0 Å². The third kappa shape index (κ3) is 4.73. The molecule has 3 aromatic rings. The van der Waals surface area contributed by atoms with Crippen LogP contribution in [0.3, 0.4) is 0 Å². The van der Waals surface area contributed by atoms with Crippen LogP contribution in [0.25, 0.3) is 11.3 Å². The van der Waals surface area contributed by atoms with Crippen LogP contribution in [-0.4, -0.2) is 43.3 Å². The van der Waals surface area contributed by atoms with Gasteiger partial charge in [0, 0.05) is 5.56 Å². The molecule has 0 fully saturated rings. The van der Waals surface area contributed by atoms with Gasteiger partial charge in [-0.1, -0.05) is 17.3 Å². The van der Waals surface area contributed by atoms with E-state index in [0.717, 1.165) is 0 Å². The molecule has 142 valence electrons. The molecule has 1 N–H and O–H groups in total. The van der Waals surface area contributed by atoms with Crippen molar-refractivity contribution in [2.45, 2.75) is 26.7 Å². The Balaban J connectivity index is 1.94. The average Bonchev–Trinajstić information content (AvgIpc) is 3.10. The number of nitrogens with zero attached hydrogens (tertiary/aromatic N) is 5. The standard InChI is InChI=1S/C17H17F2N5O3/c1-2-26-16-15(11-4-3-5-14(6-11)27-17(18)19)21-12(7-20-16)8-24-9-13(10-25)22-23-24/h3-7,9,17,25H,2,8,10H2,1H3. The number of aliphatic hydroxyl groups excluding tert-OH is 1. The molecule has 0 bridgehead atoms. The topological polar surface area (TPSA) is 95.2 Å². The summed E-state index contributed by atoms with van der Waals surface area (Å²) in [5.74, 6) is 0.297. The smallest absolute Gasteiger partial charge is 0.387 e. The Kier molecular flexibility index (Phi) is 5.87. The number of alkyl halides is 2. The molecule has 0 saturated carbocycles. The first-order chi connectivity index (χ1) is 13.1. The highest BCUT2D eigenvalue weighted by atomic mass is 19.3. The molecule has 27 heavy (non-hydrogen) atoms.